The van der Waals surface area contributed by atoms with Gasteiger partial charge in [0.2, 0.25) is 0 Å². The molecule has 51 heavy (non-hydrogen) atoms. The van der Waals surface area contributed by atoms with Gasteiger partial charge in [-0.1, -0.05) is 55.3 Å². The molecule has 0 spiro atoms. The van der Waals surface area contributed by atoms with Gasteiger partial charge in [-0.2, -0.15) is 0 Å². The van der Waals surface area contributed by atoms with Crippen LogP contribution in [0.1, 0.15) is 90.4 Å². The van der Waals surface area contributed by atoms with Gasteiger partial charge in [0, 0.05) is 36.7 Å². The monoisotopic (exact) mass is 691 g/mol. The predicted molar refractivity (Wildman–Crippen MR) is 201 cm³/mol. The summed E-state index contributed by atoms with van der Waals surface area (Å²) in [6.45, 7) is 1.32. The maximum atomic E-state index is 13.8. The highest BCUT2D eigenvalue weighted by molar-refractivity contribution is 5.89. The van der Waals surface area contributed by atoms with Crippen molar-refractivity contribution in [3.8, 4) is 17.2 Å². The summed E-state index contributed by atoms with van der Waals surface area (Å²) < 4.78 is 6.03. The van der Waals surface area contributed by atoms with Crippen molar-refractivity contribution in [1.82, 2.24) is 5.32 Å². The number of aryl methyl sites for hydroxylation is 2. The van der Waals surface area contributed by atoms with E-state index in [1.807, 2.05) is 49.5 Å². The fourth-order valence-corrected chi connectivity index (χ4v) is 6.96. The summed E-state index contributed by atoms with van der Waals surface area (Å²) in [5, 5.41) is 38.6. The first-order valence-electron chi connectivity index (χ1n) is 18.1. The highest BCUT2D eigenvalue weighted by Crippen LogP contribution is 2.47. The zero-order chi connectivity index (χ0) is 36.2. The van der Waals surface area contributed by atoms with Crippen LogP contribution in [0.2, 0.25) is 0 Å². The normalized spacial score (nSPS) is 17.7. The topological polar surface area (TPSA) is 166 Å². The second-order valence-electron chi connectivity index (χ2n) is 13.5. The summed E-state index contributed by atoms with van der Waals surface area (Å²) in [5.74, 6) is -0.186. The molecule has 7 N–H and O–H groups in total. The van der Waals surface area contributed by atoms with E-state index in [2.05, 4.69) is 10.3 Å². The maximum Gasteiger partial charge on any atom is 0.161 e. The van der Waals surface area contributed by atoms with Crippen molar-refractivity contribution in [2.75, 3.05) is 20.2 Å². The summed E-state index contributed by atoms with van der Waals surface area (Å²) in [7, 11) is 1.97. The van der Waals surface area contributed by atoms with Gasteiger partial charge < -0.3 is 36.8 Å². The van der Waals surface area contributed by atoms with Crippen molar-refractivity contribution in [2.45, 2.75) is 76.3 Å². The Morgan fingerprint density at radius 2 is 1.78 bits per heavy atom. The number of nitrogens with two attached hydrogens (primary N) is 2. The lowest BCUT2D eigenvalue weighted by Gasteiger charge is -2.39. The molecule has 2 atom stereocenters. The van der Waals surface area contributed by atoms with Crippen LogP contribution in [-0.4, -0.2) is 42.4 Å². The van der Waals surface area contributed by atoms with E-state index in [4.69, 9.17) is 16.2 Å². The third-order valence-electron chi connectivity index (χ3n) is 9.80. The van der Waals surface area contributed by atoms with E-state index >= 15 is 0 Å². The molecule has 5 rings (SSSR count). The third kappa shape index (κ3) is 10.2. The molecule has 0 radical (unpaired) electrons. The molecule has 0 aromatic heterocycles. The Hall–Kier alpha value is -4.70. The van der Waals surface area contributed by atoms with Crippen molar-refractivity contribution in [1.29, 1.82) is 0 Å². The number of nitrogens with one attached hydrogen (secondary N) is 1. The minimum atomic E-state index is -0.608. The first kappa shape index (κ1) is 37.6. The minimum Gasteiger partial charge on any atom is -0.875 e. The molecule has 270 valence electrons. The van der Waals surface area contributed by atoms with E-state index < -0.39 is 12.1 Å². The number of phenols is 2. The van der Waals surface area contributed by atoms with Gasteiger partial charge in [0.05, 0.1) is 12.8 Å². The number of carbonyl (C=O) groups is 1. The number of fused-ring (bicyclic) bond motifs is 1. The molecule has 0 amide bonds. The summed E-state index contributed by atoms with van der Waals surface area (Å²) in [6.07, 6.45) is 16.3. The molecule has 9 heteroatoms. The van der Waals surface area contributed by atoms with Gasteiger partial charge in [-0.25, -0.2) is 0 Å². The third-order valence-corrected chi connectivity index (χ3v) is 9.80. The number of ether oxygens (including phenoxy) is 1. The number of rotatable bonds is 18. The van der Waals surface area contributed by atoms with Crippen LogP contribution in [0.15, 0.2) is 95.3 Å². The molecule has 0 saturated carbocycles. The average molecular weight is 692 g/mol. The molecular weight excluding hydrogens is 640 g/mol. The van der Waals surface area contributed by atoms with Crippen LogP contribution in [-0.2, 0) is 24.1 Å². The minimum absolute atomic E-state index is 0.00439. The van der Waals surface area contributed by atoms with Gasteiger partial charge in [0.1, 0.15) is 5.75 Å². The van der Waals surface area contributed by atoms with E-state index in [0.717, 1.165) is 47.2 Å². The lowest BCUT2D eigenvalue weighted by atomic mass is 9.69. The highest BCUT2D eigenvalue weighted by Gasteiger charge is 2.33. The van der Waals surface area contributed by atoms with Gasteiger partial charge in [-0.05, 0) is 122 Å². The molecular formula is C42H51N4O5-. The SMILES string of the molecule is CNCCCCCC/C=C/C(=O)CCc1ccc(O)c(OCCc2ccc(O)c([C@H]3c4ccc(C(N)N)cc4CC[C@H]3C([O-])=C3C=CN=C3)c2)c1. The Morgan fingerprint density at radius 3 is 2.55 bits per heavy atom. The Bertz CT molecular complexity index is 1760. The van der Waals surface area contributed by atoms with E-state index in [0.29, 0.717) is 49.0 Å². The fourth-order valence-electron chi connectivity index (χ4n) is 6.96. The smallest absolute Gasteiger partial charge is 0.161 e. The van der Waals surface area contributed by atoms with Crippen LogP contribution in [0.5, 0.6) is 17.2 Å². The average Bonchev–Trinajstić information content (AvgIpc) is 3.68. The Labute approximate surface area is 301 Å². The van der Waals surface area contributed by atoms with E-state index in [-0.39, 0.29) is 35.6 Å². The molecule has 0 saturated heterocycles. The standard InChI is InChI=1S/C42H52N4O5/c1-45-21-7-5-3-2-4-6-8-33(47)14-9-28-11-18-38(49)39(25-28)51-23-20-29-10-17-37(48)36(24-29)40-34-15-13-31(42(43)44)26-30(34)12-16-35(40)41(50)32-19-22-46-27-32/h6,8,10-11,13,15,17-19,22,24-27,35,40,42,45,48-50H,2-5,7,9,12,14,16,20-21,23,43-44H2,1H3/p-1/b8-6+,41-32?/t35-,40+/m1/s1. The Kier molecular flexibility index (Phi) is 13.6. The number of ketones is 1. The Morgan fingerprint density at radius 1 is 1.00 bits per heavy atom. The predicted octanol–water partition coefficient (Wildman–Crippen LogP) is 5.77. The van der Waals surface area contributed by atoms with Crippen molar-refractivity contribution in [3.05, 3.63) is 124 Å². The number of carbonyl (C=O) groups excluding carboxylic acids is 1. The lowest BCUT2D eigenvalue weighted by Crippen LogP contribution is -2.30. The molecule has 1 aliphatic carbocycles. The second kappa shape index (κ2) is 18.5. The number of benzene rings is 3. The van der Waals surface area contributed by atoms with Crippen LogP contribution < -0.4 is 26.6 Å². The maximum absolute atomic E-state index is 13.8. The number of aliphatic imine (C=N–C) groups is 1. The molecule has 1 aliphatic heterocycles. The molecule has 9 nitrogen and oxygen atoms in total. The highest BCUT2D eigenvalue weighted by atomic mass is 16.5. The fraction of sp³-hybridized carbons (Fsp3) is 0.381. The number of unbranched alkanes of at least 4 members (excludes halogenated alkanes) is 4. The molecule has 0 bridgehead atoms. The summed E-state index contributed by atoms with van der Waals surface area (Å²) in [5.41, 5.74) is 17.9. The molecule has 3 aromatic carbocycles. The summed E-state index contributed by atoms with van der Waals surface area (Å²) >= 11 is 0. The number of allylic oxidation sites excluding steroid dienone is 5. The van der Waals surface area contributed by atoms with Crippen LogP contribution in [0.3, 0.4) is 0 Å². The zero-order valence-electron chi connectivity index (χ0n) is 29.5. The number of aromatic hydroxyl groups is 2. The van der Waals surface area contributed by atoms with E-state index in [1.165, 1.54) is 19.3 Å². The van der Waals surface area contributed by atoms with Gasteiger partial charge in [0.25, 0.3) is 0 Å². The van der Waals surface area contributed by atoms with Crippen LogP contribution in [0.4, 0.5) is 0 Å². The summed E-state index contributed by atoms with van der Waals surface area (Å²) in [6, 6.07) is 16.5. The number of hydrogen-bond donors (Lipinski definition) is 5. The second-order valence-corrected chi connectivity index (χ2v) is 13.5. The first-order valence-corrected chi connectivity index (χ1v) is 18.1. The van der Waals surface area contributed by atoms with Crippen LogP contribution in [0, 0.1) is 5.92 Å². The molecule has 2 aliphatic rings. The van der Waals surface area contributed by atoms with E-state index in [1.54, 1.807) is 42.8 Å². The summed E-state index contributed by atoms with van der Waals surface area (Å²) in [4.78, 5) is 16.5. The Balaban J connectivity index is 1.23. The van der Waals surface area contributed by atoms with Gasteiger partial charge in [0.15, 0.2) is 17.3 Å². The van der Waals surface area contributed by atoms with Crippen LogP contribution in [0.25, 0.3) is 0 Å². The zero-order valence-corrected chi connectivity index (χ0v) is 29.5. The molecule has 0 unspecified atom stereocenters. The van der Waals surface area contributed by atoms with E-state index in [9.17, 15) is 20.1 Å². The van der Waals surface area contributed by atoms with Crippen molar-refractivity contribution in [2.24, 2.45) is 22.4 Å². The van der Waals surface area contributed by atoms with Crippen LogP contribution >= 0.6 is 0 Å². The van der Waals surface area contributed by atoms with Crippen molar-refractivity contribution in [3.63, 3.8) is 0 Å². The van der Waals surface area contributed by atoms with Crippen molar-refractivity contribution >= 4 is 12.0 Å². The number of nitrogens with zero attached hydrogens (tertiary/aromatic N) is 1. The molecule has 1 heterocycles. The number of hydrogen-bond acceptors (Lipinski definition) is 9. The largest absolute Gasteiger partial charge is 0.875 e. The van der Waals surface area contributed by atoms with Gasteiger partial charge in [-0.15, -0.1) is 5.76 Å². The van der Waals surface area contributed by atoms with Gasteiger partial charge in [-0.3, -0.25) is 9.79 Å². The first-order chi connectivity index (χ1) is 24.7. The lowest BCUT2D eigenvalue weighted by molar-refractivity contribution is -0.317. The quantitative estimate of drug-likeness (QED) is 0.0485. The van der Waals surface area contributed by atoms with Crippen molar-refractivity contribution < 1.29 is 24.9 Å². The van der Waals surface area contributed by atoms with Gasteiger partial charge >= 0.3 is 0 Å². The molecule has 0 fully saturated rings. The molecule has 3 aromatic rings. The number of phenolic OH excluding ortho intramolecular Hbond substituents is 2.